The average Bonchev–Trinajstić information content (AvgIpc) is 2.47. The molecule has 0 saturated heterocycles. The summed E-state index contributed by atoms with van der Waals surface area (Å²) in [5, 5.41) is 18.4. The van der Waals surface area contributed by atoms with Crippen molar-refractivity contribution in [3.63, 3.8) is 0 Å². The van der Waals surface area contributed by atoms with Crippen LogP contribution in [-0.2, 0) is 18.8 Å². The number of hydrogen-bond acceptors (Lipinski definition) is 3. The normalized spacial score (nSPS) is 12.4. The fourth-order valence-electron chi connectivity index (χ4n) is 2.30. The second kappa shape index (κ2) is 6.93. The fraction of sp³-hybridized carbons (Fsp3) is 0.200. The molecule has 2 nitrogen and oxygen atoms in total. The van der Waals surface area contributed by atoms with E-state index in [1.54, 1.807) is 0 Å². The molecule has 2 aromatic rings. The first-order valence-electron chi connectivity index (χ1n) is 6.85. The largest absolute Gasteiger partial charge is 0.489 e. The Bertz CT molecular complexity index is 741. The zero-order valence-corrected chi connectivity index (χ0v) is 13.3. The third-order valence-corrected chi connectivity index (χ3v) is 4.02. The Labute approximate surface area is 144 Å². The molecule has 10 heteroatoms. The van der Waals surface area contributed by atoms with Crippen LogP contribution < -0.4 is 5.46 Å². The van der Waals surface area contributed by atoms with E-state index in [-0.39, 0.29) is 34.0 Å². The topological polar surface area (TPSA) is 40.5 Å². The summed E-state index contributed by atoms with van der Waals surface area (Å²) in [6, 6.07) is 5.49. The molecule has 0 spiro atoms. The van der Waals surface area contributed by atoms with Gasteiger partial charge in [-0.2, -0.15) is 26.3 Å². The van der Waals surface area contributed by atoms with Crippen LogP contribution in [0, 0.1) is 0 Å². The lowest BCUT2D eigenvalue weighted by Gasteiger charge is -2.15. The zero-order valence-electron chi connectivity index (χ0n) is 12.4. The van der Waals surface area contributed by atoms with Crippen LogP contribution in [0.3, 0.4) is 0 Å². The van der Waals surface area contributed by atoms with Crippen LogP contribution in [0.2, 0.25) is 0 Å². The third-order valence-electron chi connectivity index (χ3n) is 3.47. The van der Waals surface area contributed by atoms with E-state index in [4.69, 9.17) is 0 Å². The van der Waals surface area contributed by atoms with Gasteiger partial charge in [0.25, 0.3) is 0 Å². The minimum absolute atomic E-state index is 0.00357. The number of alkyl halides is 6. The molecular formula is C15H11BF6O2S. The van der Waals surface area contributed by atoms with Crippen molar-refractivity contribution < 1.29 is 36.4 Å². The van der Waals surface area contributed by atoms with Gasteiger partial charge >= 0.3 is 19.5 Å². The quantitative estimate of drug-likeness (QED) is 0.435. The second-order valence-corrected chi connectivity index (χ2v) is 5.77. The summed E-state index contributed by atoms with van der Waals surface area (Å²) in [6.45, 7) is 0. The molecule has 0 saturated carbocycles. The molecule has 0 aliphatic heterocycles. The van der Waals surface area contributed by atoms with Crippen molar-refractivity contribution in [3.8, 4) is 0 Å². The molecular weight excluding hydrogens is 369 g/mol. The molecule has 0 heterocycles. The number of halogens is 6. The van der Waals surface area contributed by atoms with Crippen molar-refractivity contribution in [3.05, 3.63) is 58.7 Å². The monoisotopic (exact) mass is 380 g/mol. The van der Waals surface area contributed by atoms with E-state index in [2.05, 4.69) is 12.6 Å². The summed E-state index contributed by atoms with van der Waals surface area (Å²) in [7, 11) is -1.86. The van der Waals surface area contributed by atoms with E-state index in [0.717, 1.165) is 0 Å². The minimum Gasteiger partial charge on any atom is -0.423 e. The molecule has 0 atom stereocenters. The molecule has 2 N–H and O–H groups in total. The maximum Gasteiger partial charge on any atom is 0.489 e. The van der Waals surface area contributed by atoms with Crippen molar-refractivity contribution in [2.75, 3.05) is 0 Å². The minimum atomic E-state index is -4.93. The number of hydrogen-bond donors (Lipinski definition) is 3. The van der Waals surface area contributed by atoms with Gasteiger partial charge in [-0.3, -0.25) is 0 Å². The maximum atomic E-state index is 12.9. The Morgan fingerprint density at radius 3 is 1.84 bits per heavy atom. The van der Waals surface area contributed by atoms with Crippen LogP contribution in [-0.4, -0.2) is 17.2 Å². The molecule has 25 heavy (non-hydrogen) atoms. The van der Waals surface area contributed by atoms with Gasteiger partial charge in [-0.25, -0.2) is 0 Å². The molecule has 0 aromatic heterocycles. The Morgan fingerprint density at radius 2 is 1.40 bits per heavy atom. The number of thiol groups is 1. The zero-order chi connectivity index (χ0) is 19.0. The van der Waals surface area contributed by atoms with Crippen molar-refractivity contribution in [2.24, 2.45) is 0 Å². The lowest BCUT2D eigenvalue weighted by molar-refractivity contribution is -0.143. The summed E-state index contributed by atoms with van der Waals surface area (Å²) >= 11 is 4.08. The van der Waals surface area contributed by atoms with E-state index >= 15 is 0 Å². The lowest BCUT2D eigenvalue weighted by Crippen LogP contribution is -2.31. The van der Waals surface area contributed by atoms with Crippen molar-refractivity contribution >= 4 is 25.2 Å². The van der Waals surface area contributed by atoms with Crippen LogP contribution in [0.4, 0.5) is 26.3 Å². The summed E-state index contributed by atoms with van der Waals surface area (Å²) < 4.78 is 77.3. The van der Waals surface area contributed by atoms with Gasteiger partial charge in [-0.15, -0.1) is 12.6 Å². The van der Waals surface area contributed by atoms with Gasteiger partial charge in [0.05, 0.1) is 11.1 Å². The maximum absolute atomic E-state index is 12.9. The van der Waals surface area contributed by atoms with Gasteiger partial charge < -0.3 is 10.0 Å². The van der Waals surface area contributed by atoms with Crippen LogP contribution in [0.25, 0.3) is 0 Å². The molecule has 0 radical (unpaired) electrons. The summed E-state index contributed by atoms with van der Waals surface area (Å²) in [5.74, 6) is 0. The second-order valence-electron chi connectivity index (χ2n) is 5.32. The Balaban J connectivity index is 2.51. The van der Waals surface area contributed by atoms with Crippen molar-refractivity contribution in [1.29, 1.82) is 0 Å². The van der Waals surface area contributed by atoms with E-state index in [0.29, 0.717) is 12.1 Å². The highest BCUT2D eigenvalue weighted by Crippen LogP contribution is 2.36. The van der Waals surface area contributed by atoms with Gasteiger partial charge in [0.15, 0.2) is 0 Å². The van der Waals surface area contributed by atoms with E-state index < -0.39 is 30.6 Å². The molecule has 0 bridgehead atoms. The van der Waals surface area contributed by atoms with Crippen LogP contribution in [0.5, 0.6) is 0 Å². The summed E-state index contributed by atoms with van der Waals surface area (Å²) in [5.41, 5.74) is -2.76. The third kappa shape index (κ3) is 4.71. The van der Waals surface area contributed by atoms with Gasteiger partial charge in [0.1, 0.15) is 0 Å². The molecule has 2 rings (SSSR count). The van der Waals surface area contributed by atoms with Gasteiger partial charge in [-0.1, -0.05) is 18.2 Å². The van der Waals surface area contributed by atoms with Crippen LogP contribution in [0.15, 0.2) is 41.3 Å². The highest BCUT2D eigenvalue weighted by Gasteiger charge is 2.36. The molecule has 134 valence electrons. The molecule has 2 aromatic carbocycles. The Kier molecular flexibility index (Phi) is 5.45. The van der Waals surface area contributed by atoms with Crippen LogP contribution >= 0.6 is 12.6 Å². The smallest absolute Gasteiger partial charge is 0.423 e. The van der Waals surface area contributed by atoms with Crippen molar-refractivity contribution in [2.45, 2.75) is 23.7 Å². The Morgan fingerprint density at radius 1 is 0.880 bits per heavy atom. The van der Waals surface area contributed by atoms with Gasteiger partial charge in [-0.05, 0) is 41.2 Å². The molecule has 0 aliphatic rings. The fourth-order valence-corrected chi connectivity index (χ4v) is 2.65. The van der Waals surface area contributed by atoms with Crippen molar-refractivity contribution in [1.82, 2.24) is 0 Å². The first kappa shape index (κ1) is 19.7. The van der Waals surface area contributed by atoms with E-state index in [1.807, 2.05) is 0 Å². The Hall–Kier alpha value is -1.65. The first-order chi connectivity index (χ1) is 11.4. The summed E-state index contributed by atoms with van der Waals surface area (Å²) in [6.07, 6.45) is -10.1. The summed E-state index contributed by atoms with van der Waals surface area (Å²) in [4.78, 5) is 0.0865. The first-order valence-corrected chi connectivity index (χ1v) is 7.29. The predicted molar refractivity (Wildman–Crippen MR) is 82.8 cm³/mol. The molecule has 0 fully saturated rings. The van der Waals surface area contributed by atoms with Crippen LogP contribution in [0.1, 0.15) is 22.3 Å². The highest BCUT2D eigenvalue weighted by atomic mass is 32.1. The standard InChI is InChI=1S/C15H11BF6O2S/c17-14(18,19)10-5-8(6-11(7-10)15(20,21)22)4-9-2-1-3-12(13(9)25)16(23)24/h1-3,5-7,23-25H,4H2. The average molecular weight is 380 g/mol. The molecule has 0 amide bonds. The van der Waals surface area contributed by atoms with Gasteiger partial charge in [0, 0.05) is 4.90 Å². The predicted octanol–water partition coefficient (Wildman–Crippen LogP) is 3.28. The van der Waals surface area contributed by atoms with Gasteiger partial charge in [0.2, 0.25) is 0 Å². The molecule has 0 aliphatic carbocycles. The molecule has 0 unspecified atom stereocenters. The highest BCUT2D eigenvalue weighted by molar-refractivity contribution is 7.80. The number of rotatable bonds is 3. The lowest BCUT2D eigenvalue weighted by atomic mass is 9.79. The van der Waals surface area contributed by atoms with E-state index in [9.17, 15) is 36.4 Å². The number of benzene rings is 2. The SMILES string of the molecule is OB(O)c1cccc(Cc2cc(C(F)(F)F)cc(C(F)(F)F)c2)c1S. The van der Waals surface area contributed by atoms with E-state index in [1.165, 1.54) is 18.2 Å².